The molecule has 0 saturated carbocycles. The first-order chi connectivity index (χ1) is 13.6. The Balaban J connectivity index is 1.48. The lowest BCUT2D eigenvalue weighted by molar-refractivity contribution is -0.133. The van der Waals surface area contributed by atoms with Gasteiger partial charge >= 0.3 is 6.03 Å². The second-order valence-electron chi connectivity index (χ2n) is 9.30. The Labute approximate surface area is 173 Å². The number of imide groups is 1. The van der Waals surface area contributed by atoms with Crippen molar-refractivity contribution in [1.82, 2.24) is 24.9 Å². The predicted molar refractivity (Wildman–Crippen MR) is 108 cm³/mol. The molecule has 29 heavy (non-hydrogen) atoms. The lowest BCUT2D eigenvalue weighted by Gasteiger charge is -2.38. The molecule has 0 unspecified atom stereocenters. The maximum Gasteiger partial charge on any atom is 0.325 e. The lowest BCUT2D eigenvalue weighted by Crippen LogP contribution is -2.51. The number of aliphatic hydroxyl groups is 1. The van der Waals surface area contributed by atoms with Gasteiger partial charge in [-0.25, -0.2) is 4.79 Å². The topological polar surface area (TPSA) is 96.4 Å². The standard InChI is InChI=1S/C20H35N5O4/c1-19(2)17(27)25(18(28)21-19)9-5-16(26)24-8-4-6-20(29,7-10-24)15-23-13-11-22(3)12-14-23/h29H,4-15H2,1-3H3,(H,21,28)/t20-/m1/s1. The number of nitrogens with one attached hydrogen (secondary N) is 1. The van der Waals surface area contributed by atoms with Gasteiger partial charge in [0.2, 0.25) is 5.91 Å². The monoisotopic (exact) mass is 409 g/mol. The number of carbonyl (C=O) groups excluding carboxylic acids is 3. The normalized spacial score (nSPS) is 29.1. The summed E-state index contributed by atoms with van der Waals surface area (Å²) >= 11 is 0. The summed E-state index contributed by atoms with van der Waals surface area (Å²) in [5.41, 5.74) is -1.68. The fourth-order valence-corrected chi connectivity index (χ4v) is 4.40. The van der Waals surface area contributed by atoms with Crippen LogP contribution in [0.1, 0.15) is 39.5 Å². The second kappa shape index (κ2) is 8.57. The van der Waals surface area contributed by atoms with Gasteiger partial charge in [-0.1, -0.05) is 0 Å². The van der Waals surface area contributed by atoms with Gasteiger partial charge in [0, 0.05) is 58.8 Å². The molecule has 0 radical (unpaired) electrons. The predicted octanol–water partition coefficient (Wildman–Crippen LogP) is -0.302. The molecule has 9 nitrogen and oxygen atoms in total. The van der Waals surface area contributed by atoms with Gasteiger partial charge in [0.15, 0.2) is 0 Å². The Bertz CT molecular complexity index is 647. The van der Waals surface area contributed by atoms with Gasteiger partial charge in [-0.3, -0.25) is 19.4 Å². The van der Waals surface area contributed by atoms with Crippen LogP contribution in [-0.2, 0) is 9.59 Å². The number of hydrogen-bond acceptors (Lipinski definition) is 6. The summed E-state index contributed by atoms with van der Waals surface area (Å²) in [4.78, 5) is 44.4. The molecule has 4 amide bonds. The molecule has 0 aromatic rings. The molecule has 3 saturated heterocycles. The van der Waals surface area contributed by atoms with Crippen molar-refractivity contribution >= 4 is 17.8 Å². The van der Waals surface area contributed by atoms with Crippen molar-refractivity contribution in [1.29, 1.82) is 0 Å². The van der Waals surface area contributed by atoms with Crippen molar-refractivity contribution in [2.24, 2.45) is 0 Å². The third-order valence-corrected chi connectivity index (χ3v) is 6.38. The Morgan fingerprint density at radius 3 is 2.38 bits per heavy atom. The van der Waals surface area contributed by atoms with Crippen LogP contribution < -0.4 is 5.32 Å². The first-order valence-electron chi connectivity index (χ1n) is 10.6. The molecular formula is C20H35N5O4. The molecule has 3 aliphatic heterocycles. The molecule has 2 N–H and O–H groups in total. The van der Waals surface area contributed by atoms with E-state index in [0.717, 1.165) is 37.5 Å². The van der Waals surface area contributed by atoms with E-state index in [9.17, 15) is 19.5 Å². The summed E-state index contributed by atoms with van der Waals surface area (Å²) in [6.07, 6.45) is 2.11. The molecule has 9 heteroatoms. The van der Waals surface area contributed by atoms with Crippen LogP contribution in [0.15, 0.2) is 0 Å². The smallest absolute Gasteiger partial charge is 0.325 e. The van der Waals surface area contributed by atoms with Crippen LogP contribution in [-0.4, -0.2) is 113 Å². The largest absolute Gasteiger partial charge is 0.388 e. The molecule has 3 aliphatic rings. The van der Waals surface area contributed by atoms with Gasteiger partial charge in [0.05, 0.1) is 5.60 Å². The SMILES string of the molecule is CN1CCN(C[C@@]2(O)CCCN(C(=O)CCN3C(=O)NC(C)(C)C3=O)CC2)CC1. The highest BCUT2D eigenvalue weighted by molar-refractivity contribution is 6.06. The highest BCUT2D eigenvalue weighted by atomic mass is 16.3. The van der Waals surface area contributed by atoms with Crippen LogP contribution in [0.2, 0.25) is 0 Å². The Morgan fingerprint density at radius 1 is 1.07 bits per heavy atom. The van der Waals surface area contributed by atoms with Crippen molar-refractivity contribution in [3.8, 4) is 0 Å². The zero-order chi connectivity index (χ0) is 21.2. The van der Waals surface area contributed by atoms with Crippen molar-refractivity contribution in [3.63, 3.8) is 0 Å². The number of likely N-dealkylation sites (N-methyl/N-ethyl adjacent to an activating group) is 1. The molecule has 3 rings (SSSR count). The van der Waals surface area contributed by atoms with E-state index in [0.29, 0.717) is 32.5 Å². The van der Waals surface area contributed by atoms with Gasteiger partial charge in [-0.2, -0.15) is 0 Å². The van der Waals surface area contributed by atoms with Crippen LogP contribution in [0, 0.1) is 0 Å². The van der Waals surface area contributed by atoms with Crippen molar-refractivity contribution in [3.05, 3.63) is 0 Å². The van der Waals surface area contributed by atoms with Crippen LogP contribution >= 0.6 is 0 Å². The van der Waals surface area contributed by atoms with Crippen LogP contribution in [0.3, 0.4) is 0 Å². The van der Waals surface area contributed by atoms with Gasteiger partial charge in [-0.15, -0.1) is 0 Å². The van der Waals surface area contributed by atoms with Crippen molar-refractivity contribution in [2.45, 2.75) is 50.7 Å². The number of amides is 4. The number of hydrogen-bond donors (Lipinski definition) is 2. The third-order valence-electron chi connectivity index (χ3n) is 6.38. The number of nitrogens with zero attached hydrogens (tertiary/aromatic N) is 4. The first kappa shape index (κ1) is 22.0. The summed E-state index contributed by atoms with van der Waals surface area (Å²) in [5, 5.41) is 13.7. The summed E-state index contributed by atoms with van der Waals surface area (Å²) in [5.74, 6) is -0.369. The second-order valence-corrected chi connectivity index (χ2v) is 9.30. The zero-order valence-electron chi connectivity index (χ0n) is 17.9. The highest BCUT2D eigenvalue weighted by Gasteiger charge is 2.44. The summed E-state index contributed by atoms with van der Waals surface area (Å²) in [6.45, 7) is 9.13. The molecule has 0 aromatic carbocycles. The summed E-state index contributed by atoms with van der Waals surface area (Å²) < 4.78 is 0. The fraction of sp³-hybridized carbons (Fsp3) is 0.850. The highest BCUT2D eigenvalue weighted by Crippen LogP contribution is 2.25. The molecular weight excluding hydrogens is 374 g/mol. The molecule has 0 aliphatic carbocycles. The Hall–Kier alpha value is -1.71. The Morgan fingerprint density at radius 2 is 1.76 bits per heavy atom. The molecule has 0 bridgehead atoms. The molecule has 0 spiro atoms. The van der Waals surface area contributed by atoms with Crippen molar-refractivity contribution < 1.29 is 19.5 Å². The number of carbonyl (C=O) groups is 3. The van der Waals surface area contributed by atoms with E-state index in [4.69, 9.17) is 0 Å². The van der Waals surface area contributed by atoms with Crippen molar-refractivity contribution in [2.75, 3.05) is 59.4 Å². The molecule has 164 valence electrons. The molecule has 3 fully saturated rings. The number of rotatable bonds is 5. The lowest BCUT2D eigenvalue weighted by atomic mass is 9.94. The minimum absolute atomic E-state index is 0.0702. The third kappa shape index (κ3) is 5.26. The number of β-amino-alcohol motifs (C(OH)–C–C–N with tert-alkyl or cyclic N) is 1. The molecule has 3 heterocycles. The minimum atomic E-state index is -0.914. The van der Waals surface area contributed by atoms with Crippen LogP contribution in [0.5, 0.6) is 0 Å². The number of urea groups is 1. The number of piperazine rings is 1. The van der Waals surface area contributed by atoms with Crippen LogP contribution in [0.4, 0.5) is 4.79 Å². The summed E-state index contributed by atoms with van der Waals surface area (Å²) in [7, 11) is 2.11. The van der Waals surface area contributed by atoms with E-state index >= 15 is 0 Å². The minimum Gasteiger partial charge on any atom is -0.388 e. The summed E-state index contributed by atoms with van der Waals surface area (Å²) in [6, 6.07) is -0.440. The first-order valence-corrected chi connectivity index (χ1v) is 10.6. The fourth-order valence-electron chi connectivity index (χ4n) is 4.40. The average Bonchev–Trinajstić information content (AvgIpc) is 2.78. The quantitative estimate of drug-likeness (QED) is 0.605. The van der Waals surface area contributed by atoms with Gasteiger partial charge in [0.1, 0.15) is 5.54 Å². The van der Waals surface area contributed by atoms with E-state index in [1.165, 1.54) is 0 Å². The van der Waals surface area contributed by atoms with E-state index < -0.39 is 17.2 Å². The maximum absolute atomic E-state index is 12.7. The number of likely N-dealkylation sites (tertiary alicyclic amines) is 1. The van der Waals surface area contributed by atoms with Gasteiger partial charge in [0.25, 0.3) is 5.91 Å². The van der Waals surface area contributed by atoms with Gasteiger partial charge < -0.3 is 20.2 Å². The van der Waals surface area contributed by atoms with E-state index in [1.807, 2.05) is 0 Å². The Kier molecular flexibility index (Phi) is 6.50. The zero-order valence-corrected chi connectivity index (χ0v) is 17.9. The average molecular weight is 410 g/mol. The van der Waals surface area contributed by atoms with E-state index in [1.54, 1.807) is 18.7 Å². The van der Waals surface area contributed by atoms with E-state index in [-0.39, 0.29) is 24.8 Å². The maximum atomic E-state index is 12.7. The molecule has 1 atom stereocenters. The van der Waals surface area contributed by atoms with E-state index in [2.05, 4.69) is 22.2 Å². The molecule has 0 aromatic heterocycles. The van der Waals surface area contributed by atoms with Crippen LogP contribution in [0.25, 0.3) is 0 Å². The van der Waals surface area contributed by atoms with Gasteiger partial charge in [-0.05, 0) is 40.2 Å².